The van der Waals surface area contributed by atoms with Crippen molar-refractivity contribution in [3.63, 3.8) is 0 Å². The van der Waals surface area contributed by atoms with E-state index in [1.54, 1.807) is 54.9 Å². The summed E-state index contributed by atoms with van der Waals surface area (Å²) in [6, 6.07) is 22.6. The molecule has 6 rings (SSSR count). The number of hydrogen-bond donors (Lipinski definition) is 1. The van der Waals surface area contributed by atoms with Crippen LogP contribution in [0.1, 0.15) is 28.3 Å². The van der Waals surface area contributed by atoms with Crippen LogP contribution in [0.4, 0.5) is 0 Å². The number of pyridine rings is 1. The van der Waals surface area contributed by atoms with E-state index in [0.29, 0.717) is 53.9 Å². The highest BCUT2D eigenvalue weighted by atomic mass is 16.6. The second kappa shape index (κ2) is 11.7. The number of Topliss-reactive ketones (excluding diaryl/α,β-unsaturated/α-hetero) is 1. The highest BCUT2D eigenvalue weighted by molar-refractivity contribution is 6.46. The Kier molecular flexibility index (Phi) is 7.47. The van der Waals surface area contributed by atoms with Crippen LogP contribution in [-0.4, -0.2) is 47.0 Å². The maximum atomic E-state index is 13.5. The summed E-state index contributed by atoms with van der Waals surface area (Å²) in [5, 5.41) is 11.5. The van der Waals surface area contributed by atoms with Crippen LogP contribution in [0.15, 0.2) is 96.8 Å². The van der Waals surface area contributed by atoms with Gasteiger partial charge in [0.2, 0.25) is 0 Å². The Labute approximate surface area is 242 Å². The molecule has 0 saturated carbocycles. The quantitative estimate of drug-likeness (QED) is 0.180. The molecule has 42 heavy (non-hydrogen) atoms. The zero-order valence-electron chi connectivity index (χ0n) is 22.9. The third-order valence-corrected chi connectivity index (χ3v) is 7.17. The fourth-order valence-corrected chi connectivity index (χ4v) is 5.13. The summed E-state index contributed by atoms with van der Waals surface area (Å²) >= 11 is 0. The average molecular weight is 565 g/mol. The van der Waals surface area contributed by atoms with Gasteiger partial charge in [-0.05, 0) is 53.1 Å². The lowest BCUT2D eigenvalue weighted by Crippen LogP contribution is -2.29. The van der Waals surface area contributed by atoms with E-state index in [2.05, 4.69) is 4.98 Å². The summed E-state index contributed by atoms with van der Waals surface area (Å²) in [6.45, 7) is 1.23. The summed E-state index contributed by atoms with van der Waals surface area (Å²) in [6.07, 6.45) is 3.27. The van der Waals surface area contributed by atoms with E-state index < -0.39 is 17.7 Å². The largest absolute Gasteiger partial charge is 0.507 e. The number of carbonyl (C=O) groups is 2. The molecule has 1 atom stereocenters. The lowest BCUT2D eigenvalue weighted by molar-refractivity contribution is -0.140. The molecule has 4 aromatic rings. The van der Waals surface area contributed by atoms with Crippen LogP contribution < -0.4 is 18.9 Å². The number of methoxy groups -OCH3 is 1. The molecule has 1 aromatic heterocycles. The van der Waals surface area contributed by atoms with Crippen molar-refractivity contribution in [1.82, 2.24) is 9.88 Å². The second-order valence-electron chi connectivity index (χ2n) is 9.83. The van der Waals surface area contributed by atoms with Gasteiger partial charge < -0.3 is 29.0 Å². The van der Waals surface area contributed by atoms with Crippen LogP contribution in [0.2, 0.25) is 0 Å². The standard InChI is InChI=1S/C33H28N2O7/c1-39-27-16-23(9-11-25(27)42-20-21-6-3-2-4-7-21)30-29(31(36)24-10-12-26-28(17-24)41-15-14-40-26)32(37)33(38)35(30)19-22-8-5-13-34-18-22/h2-13,16-18,30,36H,14-15,19-20H2,1H3. The van der Waals surface area contributed by atoms with Gasteiger partial charge in [0.1, 0.15) is 25.6 Å². The Morgan fingerprint density at radius 2 is 1.71 bits per heavy atom. The molecule has 3 heterocycles. The van der Waals surface area contributed by atoms with Crippen molar-refractivity contribution in [3.05, 3.63) is 119 Å². The molecule has 0 aliphatic carbocycles. The van der Waals surface area contributed by atoms with Crippen molar-refractivity contribution >= 4 is 17.4 Å². The van der Waals surface area contributed by atoms with Gasteiger partial charge in [0, 0.05) is 24.5 Å². The molecule has 212 valence electrons. The maximum absolute atomic E-state index is 13.5. The fraction of sp³-hybridized carbons (Fsp3) is 0.182. The zero-order chi connectivity index (χ0) is 29.1. The molecule has 3 aromatic carbocycles. The maximum Gasteiger partial charge on any atom is 0.295 e. The first-order valence-corrected chi connectivity index (χ1v) is 13.5. The summed E-state index contributed by atoms with van der Waals surface area (Å²) in [5.74, 6) is 0.0875. The van der Waals surface area contributed by atoms with Crippen LogP contribution in [-0.2, 0) is 22.7 Å². The van der Waals surface area contributed by atoms with Crippen LogP contribution in [0, 0.1) is 0 Å². The van der Waals surface area contributed by atoms with Crippen molar-refractivity contribution in [2.24, 2.45) is 0 Å². The second-order valence-corrected chi connectivity index (χ2v) is 9.83. The monoisotopic (exact) mass is 564 g/mol. The van der Waals surface area contributed by atoms with Gasteiger partial charge in [-0.2, -0.15) is 0 Å². The Morgan fingerprint density at radius 3 is 2.48 bits per heavy atom. The lowest BCUT2D eigenvalue weighted by atomic mass is 9.94. The molecule has 2 aliphatic rings. The van der Waals surface area contributed by atoms with Crippen LogP contribution >= 0.6 is 0 Å². The molecule has 0 radical (unpaired) electrons. The number of ketones is 1. The average Bonchev–Trinajstić information content (AvgIpc) is 3.29. The number of ether oxygens (including phenoxy) is 4. The first-order valence-electron chi connectivity index (χ1n) is 13.5. The molecule has 9 nitrogen and oxygen atoms in total. The van der Waals surface area contributed by atoms with Crippen molar-refractivity contribution in [2.75, 3.05) is 20.3 Å². The normalized spacial score (nSPS) is 17.3. The van der Waals surface area contributed by atoms with Crippen molar-refractivity contribution < 1.29 is 33.6 Å². The Balaban J connectivity index is 1.42. The van der Waals surface area contributed by atoms with Crippen molar-refractivity contribution in [1.29, 1.82) is 0 Å². The number of amides is 1. The number of likely N-dealkylation sites (tertiary alicyclic amines) is 1. The molecule has 1 N–H and O–H groups in total. The van der Waals surface area contributed by atoms with Crippen LogP contribution in [0.3, 0.4) is 0 Å². The third-order valence-electron chi connectivity index (χ3n) is 7.17. The van der Waals surface area contributed by atoms with Gasteiger partial charge in [0.05, 0.1) is 18.7 Å². The van der Waals surface area contributed by atoms with Gasteiger partial charge in [-0.15, -0.1) is 0 Å². The number of aromatic nitrogens is 1. The van der Waals surface area contributed by atoms with Gasteiger partial charge in [-0.3, -0.25) is 14.6 Å². The number of hydrogen-bond acceptors (Lipinski definition) is 8. The van der Waals surface area contributed by atoms with Crippen LogP contribution in [0.25, 0.3) is 5.76 Å². The van der Waals surface area contributed by atoms with Gasteiger partial charge in [-0.25, -0.2) is 0 Å². The Morgan fingerprint density at radius 1 is 0.929 bits per heavy atom. The number of aliphatic hydroxyl groups excluding tert-OH is 1. The topological polar surface area (TPSA) is 107 Å². The fourth-order valence-electron chi connectivity index (χ4n) is 5.13. The molecule has 1 fully saturated rings. The zero-order valence-corrected chi connectivity index (χ0v) is 22.9. The first kappa shape index (κ1) is 26.9. The SMILES string of the molecule is COc1cc(C2C(=C(O)c3ccc4c(c3)OCCO4)C(=O)C(=O)N2Cc2cccnc2)ccc1OCc1ccccc1. The van der Waals surface area contributed by atoms with Gasteiger partial charge in [0.25, 0.3) is 11.7 Å². The molecular weight excluding hydrogens is 536 g/mol. The minimum absolute atomic E-state index is 0.0411. The molecular formula is C33H28N2O7. The number of benzene rings is 3. The van der Waals surface area contributed by atoms with Crippen molar-refractivity contribution in [2.45, 2.75) is 19.2 Å². The molecule has 2 aliphatic heterocycles. The summed E-state index contributed by atoms with van der Waals surface area (Å²) in [7, 11) is 1.52. The number of fused-ring (bicyclic) bond motifs is 1. The number of aliphatic hydroxyl groups is 1. The molecule has 1 saturated heterocycles. The molecule has 9 heteroatoms. The smallest absolute Gasteiger partial charge is 0.295 e. The Hall–Kier alpha value is -5.31. The Bertz CT molecular complexity index is 1650. The highest BCUT2D eigenvalue weighted by Gasteiger charge is 2.46. The summed E-state index contributed by atoms with van der Waals surface area (Å²) in [4.78, 5) is 32.6. The van der Waals surface area contributed by atoms with E-state index >= 15 is 0 Å². The number of carbonyl (C=O) groups excluding carboxylic acids is 2. The van der Waals surface area contributed by atoms with E-state index in [4.69, 9.17) is 18.9 Å². The predicted octanol–water partition coefficient (Wildman–Crippen LogP) is 5.06. The molecule has 1 unspecified atom stereocenters. The first-order chi connectivity index (χ1) is 20.5. The van der Waals surface area contributed by atoms with E-state index in [9.17, 15) is 14.7 Å². The van der Waals surface area contributed by atoms with E-state index in [-0.39, 0.29) is 17.9 Å². The lowest BCUT2D eigenvalue weighted by Gasteiger charge is -2.26. The summed E-state index contributed by atoms with van der Waals surface area (Å²) in [5.41, 5.74) is 2.59. The molecule has 0 spiro atoms. The van der Waals surface area contributed by atoms with E-state index in [1.807, 2.05) is 36.4 Å². The minimum Gasteiger partial charge on any atom is -0.507 e. The van der Waals surface area contributed by atoms with Gasteiger partial charge in [0.15, 0.2) is 23.0 Å². The van der Waals surface area contributed by atoms with Crippen molar-refractivity contribution in [3.8, 4) is 23.0 Å². The predicted molar refractivity (Wildman–Crippen MR) is 153 cm³/mol. The minimum atomic E-state index is -0.907. The number of rotatable bonds is 8. The van der Waals surface area contributed by atoms with Gasteiger partial charge in [-0.1, -0.05) is 42.5 Å². The molecule has 0 bridgehead atoms. The van der Waals surface area contributed by atoms with E-state index in [0.717, 1.165) is 11.1 Å². The van der Waals surface area contributed by atoms with E-state index in [1.165, 1.54) is 12.0 Å². The number of nitrogens with zero attached hydrogens (tertiary/aromatic N) is 2. The van der Waals surface area contributed by atoms with Gasteiger partial charge >= 0.3 is 0 Å². The molecule has 1 amide bonds. The summed E-state index contributed by atoms with van der Waals surface area (Å²) < 4.78 is 22.9. The highest BCUT2D eigenvalue weighted by Crippen LogP contribution is 2.43. The van der Waals surface area contributed by atoms with Crippen LogP contribution in [0.5, 0.6) is 23.0 Å². The third kappa shape index (κ3) is 5.24.